The summed E-state index contributed by atoms with van der Waals surface area (Å²) < 4.78 is 37.8. The van der Waals surface area contributed by atoms with Crippen molar-refractivity contribution in [3.63, 3.8) is 0 Å². The van der Waals surface area contributed by atoms with Crippen molar-refractivity contribution in [2.45, 2.75) is 26.1 Å². The van der Waals surface area contributed by atoms with E-state index in [0.29, 0.717) is 15.7 Å². The molecule has 1 atom stereocenters. The zero-order chi connectivity index (χ0) is 13.9. The zero-order valence-corrected chi connectivity index (χ0v) is 11.7. The SMILES string of the molecule is CCN(CC(F)(F)F)c1ccc([C@@H](C)O)c(Br)c1. The van der Waals surface area contributed by atoms with Gasteiger partial charge >= 0.3 is 6.18 Å². The van der Waals surface area contributed by atoms with Gasteiger partial charge in [0.1, 0.15) is 6.54 Å². The minimum atomic E-state index is -4.23. The Morgan fingerprint density at radius 3 is 2.39 bits per heavy atom. The number of halogens is 4. The van der Waals surface area contributed by atoms with Crippen LogP contribution in [0.1, 0.15) is 25.5 Å². The third-order valence-corrected chi connectivity index (χ3v) is 3.24. The van der Waals surface area contributed by atoms with Crippen LogP contribution in [0.2, 0.25) is 0 Å². The van der Waals surface area contributed by atoms with Gasteiger partial charge in [0.15, 0.2) is 0 Å². The lowest BCUT2D eigenvalue weighted by Gasteiger charge is -2.25. The monoisotopic (exact) mass is 325 g/mol. The summed E-state index contributed by atoms with van der Waals surface area (Å²) in [6, 6.07) is 4.81. The van der Waals surface area contributed by atoms with E-state index in [1.165, 1.54) is 4.90 Å². The van der Waals surface area contributed by atoms with E-state index >= 15 is 0 Å². The van der Waals surface area contributed by atoms with Crippen LogP contribution in [0, 0.1) is 0 Å². The maximum absolute atomic E-state index is 12.4. The molecule has 0 bridgehead atoms. The number of benzene rings is 1. The Morgan fingerprint density at radius 2 is 2.00 bits per heavy atom. The van der Waals surface area contributed by atoms with Crippen molar-refractivity contribution in [2.24, 2.45) is 0 Å². The van der Waals surface area contributed by atoms with E-state index in [1.807, 2.05) is 0 Å². The van der Waals surface area contributed by atoms with Crippen LogP contribution in [0.5, 0.6) is 0 Å². The summed E-state index contributed by atoms with van der Waals surface area (Å²) in [5.74, 6) is 0. The zero-order valence-electron chi connectivity index (χ0n) is 10.1. The van der Waals surface area contributed by atoms with Gasteiger partial charge < -0.3 is 10.0 Å². The van der Waals surface area contributed by atoms with E-state index in [-0.39, 0.29) is 6.54 Å². The lowest BCUT2D eigenvalue weighted by molar-refractivity contribution is -0.119. The lowest BCUT2D eigenvalue weighted by atomic mass is 10.1. The van der Waals surface area contributed by atoms with Crippen molar-refractivity contribution in [3.05, 3.63) is 28.2 Å². The highest BCUT2D eigenvalue weighted by Gasteiger charge is 2.30. The molecular weight excluding hydrogens is 311 g/mol. The topological polar surface area (TPSA) is 23.5 Å². The number of rotatable bonds is 4. The molecule has 1 aromatic rings. The predicted molar refractivity (Wildman–Crippen MR) is 68.7 cm³/mol. The maximum atomic E-state index is 12.4. The van der Waals surface area contributed by atoms with Gasteiger partial charge in [-0.1, -0.05) is 22.0 Å². The van der Waals surface area contributed by atoms with Gasteiger partial charge in [0.25, 0.3) is 0 Å². The van der Waals surface area contributed by atoms with Crippen molar-refractivity contribution < 1.29 is 18.3 Å². The Labute approximate surface area is 113 Å². The molecule has 0 saturated heterocycles. The molecule has 0 amide bonds. The Morgan fingerprint density at radius 1 is 1.39 bits per heavy atom. The average molecular weight is 326 g/mol. The van der Waals surface area contributed by atoms with Crippen LogP contribution in [0.3, 0.4) is 0 Å². The minimum Gasteiger partial charge on any atom is -0.389 e. The molecule has 0 unspecified atom stereocenters. The van der Waals surface area contributed by atoms with Gasteiger partial charge in [0, 0.05) is 16.7 Å². The van der Waals surface area contributed by atoms with Crippen molar-refractivity contribution in [1.82, 2.24) is 0 Å². The molecule has 0 aliphatic heterocycles. The van der Waals surface area contributed by atoms with Gasteiger partial charge in [-0.05, 0) is 31.5 Å². The number of alkyl halides is 3. The van der Waals surface area contributed by atoms with E-state index in [0.717, 1.165) is 0 Å². The van der Waals surface area contributed by atoms with E-state index in [1.54, 1.807) is 32.0 Å². The first-order chi connectivity index (χ1) is 8.24. The number of aliphatic hydroxyl groups is 1. The van der Waals surface area contributed by atoms with Crippen molar-refractivity contribution in [2.75, 3.05) is 18.0 Å². The van der Waals surface area contributed by atoms with Gasteiger partial charge in [-0.2, -0.15) is 13.2 Å². The number of hydrogen-bond donors (Lipinski definition) is 1. The summed E-state index contributed by atoms with van der Waals surface area (Å²) >= 11 is 3.26. The van der Waals surface area contributed by atoms with Crippen LogP contribution in [0.4, 0.5) is 18.9 Å². The van der Waals surface area contributed by atoms with Crippen LogP contribution < -0.4 is 4.90 Å². The highest BCUT2D eigenvalue weighted by atomic mass is 79.9. The molecule has 0 heterocycles. The summed E-state index contributed by atoms with van der Waals surface area (Å²) in [5.41, 5.74) is 1.13. The summed E-state index contributed by atoms with van der Waals surface area (Å²) in [7, 11) is 0. The Hall–Kier alpha value is -0.750. The lowest BCUT2D eigenvalue weighted by Crippen LogP contribution is -2.34. The summed E-state index contributed by atoms with van der Waals surface area (Å²) in [4.78, 5) is 1.23. The Kier molecular flexibility index (Phi) is 5.04. The average Bonchev–Trinajstić information content (AvgIpc) is 2.24. The van der Waals surface area contributed by atoms with E-state index in [4.69, 9.17) is 0 Å². The summed E-state index contributed by atoms with van der Waals surface area (Å²) in [6.07, 6.45) is -4.89. The Bertz CT molecular complexity index is 407. The van der Waals surface area contributed by atoms with E-state index in [2.05, 4.69) is 15.9 Å². The number of anilines is 1. The molecular formula is C12H15BrF3NO. The van der Waals surface area contributed by atoms with Crippen LogP contribution >= 0.6 is 15.9 Å². The van der Waals surface area contributed by atoms with Crippen molar-refractivity contribution in [1.29, 1.82) is 0 Å². The van der Waals surface area contributed by atoms with Gasteiger partial charge in [0.05, 0.1) is 6.10 Å². The number of aliphatic hydroxyl groups excluding tert-OH is 1. The molecule has 0 aliphatic carbocycles. The molecule has 102 valence electrons. The first-order valence-corrected chi connectivity index (χ1v) is 6.33. The molecule has 0 saturated carbocycles. The quantitative estimate of drug-likeness (QED) is 0.907. The fourth-order valence-electron chi connectivity index (χ4n) is 1.65. The van der Waals surface area contributed by atoms with Crippen LogP contribution in [0.25, 0.3) is 0 Å². The molecule has 6 heteroatoms. The molecule has 0 fully saturated rings. The molecule has 18 heavy (non-hydrogen) atoms. The third kappa shape index (κ3) is 4.17. The van der Waals surface area contributed by atoms with Gasteiger partial charge in [-0.15, -0.1) is 0 Å². The summed E-state index contributed by atoms with van der Waals surface area (Å²) in [6.45, 7) is 2.55. The van der Waals surface area contributed by atoms with Gasteiger partial charge in [-0.25, -0.2) is 0 Å². The highest BCUT2D eigenvalue weighted by Crippen LogP contribution is 2.29. The number of hydrogen-bond acceptors (Lipinski definition) is 2. The third-order valence-electron chi connectivity index (χ3n) is 2.55. The first kappa shape index (κ1) is 15.3. The maximum Gasteiger partial charge on any atom is 0.405 e. The van der Waals surface area contributed by atoms with Gasteiger partial charge in [-0.3, -0.25) is 0 Å². The van der Waals surface area contributed by atoms with Crippen LogP contribution in [-0.4, -0.2) is 24.4 Å². The molecule has 1 N–H and O–H groups in total. The van der Waals surface area contributed by atoms with E-state index in [9.17, 15) is 18.3 Å². The second-order valence-electron chi connectivity index (χ2n) is 4.01. The smallest absolute Gasteiger partial charge is 0.389 e. The van der Waals surface area contributed by atoms with Crippen LogP contribution in [-0.2, 0) is 0 Å². The molecule has 2 nitrogen and oxygen atoms in total. The Balaban J connectivity index is 2.98. The normalized spacial score (nSPS) is 13.5. The minimum absolute atomic E-state index is 0.264. The van der Waals surface area contributed by atoms with Crippen molar-refractivity contribution >= 4 is 21.6 Å². The van der Waals surface area contributed by atoms with E-state index < -0.39 is 18.8 Å². The molecule has 1 aromatic carbocycles. The van der Waals surface area contributed by atoms with Crippen LogP contribution in [0.15, 0.2) is 22.7 Å². The summed E-state index contributed by atoms with van der Waals surface area (Å²) in [5, 5.41) is 9.45. The fraction of sp³-hybridized carbons (Fsp3) is 0.500. The first-order valence-electron chi connectivity index (χ1n) is 5.53. The largest absolute Gasteiger partial charge is 0.405 e. The second kappa shape index (κ2) is 5.93. The molecule has 0 spiro atoms. The predicted octanol–water partition coefficient (Wildman–Crippen LogP) is 3.89. The number of nitrogens with zero attached hydrogens (tertiary/aromatic N) is 1. The molecule has 0 aromatic heterocycles. The molecule has 0 aliphatic rings. The molecule has 0 radical (unpaired) electrons. The second-order valence-corrected chi connectivity index (χ2v) is 4.87. The van der Waals surface area contributed by atoms with Gasteiger partial charge in [0.2, 0.25) is 0 Å². The fourth-order valence-corrected chi connectivity index (χ4v) is 2.35. The standard InChI is InChI=1S/C12H15BrF3NO/c1-3-17(7-12(14,15)16)9-4-5-10(8(2)18)11(13)6-9/h4-6,8,18H,3,7H2,1-2H3/t8-/m1/s1. The van der Waals surface area contributed by atoms with Crippen molar-refractivity contribution in [3.8, 4) is 0 Å². The highest BCUT2D eigenvalue weighted by molar-refractivity contribution is 9.10. The molecule has 1 rings (SSSR count).